The molecule has 0 fully saturated rings. The lowest BCUT2D eigenvalue weighted by molar-refractivity contribution is -0.383. The fourth-order valence-corrected chi connectivity index (χ4v) is 1.64. The lowest BCUT2D eigenvalue weighted by Crippen LogP contribution is -2.11. The predicted octanol–water partition coefficient (Wildman–Crippen LogP) is 0.504. The third kappa shape index (κ3) is 3.57. The summed E-state index contributed by atoms with van der Waals surface area (Å²) in [5.41, 5.74) is 6.58. The van der Waals surface area contributed by atoms with Crippen LogP contribution in [0.25, 0.3) is 0 Å². The summed E-state index contributed by atoms with van der Waals surface area (Å²) in [7, 11) is 0. The Morgan fingerprint density at radius 3 is 2.72 bits per heavy atom. The average Bonchev–Trinajstić information content (AvgIpc) is 2.28. The van der Waals surface area contributed by atoms with Crippen LogP contribution in [-0.4, -0.2) is 34.4 Å². The molecular weight excluding hydrogens is 238 g/mol. The van der Waals surface area contributed by atoms with Gasteiger partial charge >= 0.3 is 0 Å². The van der Waals surface area contributed by atoms with Gasteiger partial charge in [-0.25, -0.2) is 0 Å². The Morgan fingerprint density at radius 2 is 2.22 bits per heavy atom. The minimum Gasteiger partial charge on any atom is -0.395 e. The second-order valence-electron chi connectivity index (χ2n) is 4.03. The summed E-state index contributed by atoms with van der Waals surface area (Å²) < 4.78 is 0. The molecule has 1 rings (SSSR count). The van der Waals surface area contributed by atoms with Crippen molar-refractivity contribution in [3.63, 3.8) is 0 Å². The predicted molar refractivity (Wildman–Crippen MR) is 68.5 cm³/mol. The number of benzene rings is 1. The largest absolute Gasteiger partial charge is 0.395 e. The van der Waals surface area contributed by atoms with Crippen LogP contribution < -0.4 is 11.1 Å². The second-order valence-corrected chi connectivity index (χ2v) is 4.03. The number of nitro benzene ring substituents is 1. The number of hydrogen-bond donors (Lipinski definition) is 4. The molecular formula is C11H17N3O4. The van der Waals surface area contributed by atoms with Crippen molar-refractivity contribution in [3.05, 3.63) is 27.8 Å². The molecule has 100 valence electrons. The molecule has 0 heterocycles. The van der Waals surface area contributed by atoms with E-state index in [0.717, 1.165) is 0 Å². The SMILES string of the molecule is CC(O)Cc1cc(NCCO)cc([N+](=O)[O-])c1N. The van der Waals surface area contributed by atoms with Gasteiger partial charge in [0, 0.05) is 24.7 Å². The van der Waals surface area contributed by atoms with Crippen LogP contribution >= 0.6 is 0 Å². The number of nitrogens with one attached hydrogen (secondary N) is 1. The van der Waals surface area contributed by atoms with Gasteiger partial charge in [-0.15, -0.1) is 0 Å². The third-order valence-electron chi connectivity index (χ3n) is 2.40. The number of nitrogens with zero attached hydrogens (tertiary/aromatic N) is 1. The highest BCUT2D eigenvalue weighted by Crippen LogP contribution is 2.30. The zero-order valence-electron chi connectivity index (χ0n) is 10.1. The van der Waals surface area contributed by atoms with E-state index in [9.17, 15) is 15.2 Å². The molecule has 7 nitrogen and oxygen atoms in total. The minimum atomic E-state index is -0.639. The molecule has 0 bridgehead atoms. The first-order valence-electron chi connectivity index (χ1n) is 5.55. The molecule has 7 heteroatoms. The molecule has 1 unspecified atom stereocenters. The van der Waals surface area contributed by atoms with Gasteiger partial charge in [-0.2, -0.15) is 0 Å². The fraction of sp³-hybridized carbons (Fsp3) is 0.455. The molecule has 0 aliphatic carbocycles. The summed E-state index contributed by atoms with van der Waals surface area (Å²) in [6.45, 7) is 1.79. The topological polar surface area (TPSA) is 122 Å². The summed E-state index contributed by atoms with van der Waals surface area (Å²) in [4.78, 5) is 10.3. The van der Waals surface area contributed by atoms with Gasteiger partial charge in [0.25, 0.3) is 5.69 Å². The summed E-state index contributed by atoms with van der Waals surface area (Å²) >= 11 is 0. The highest BCUT2D eigenvalue weighted by molar-refractivity contribution is 5.70. The lowest BCUT2D eigenvalue weighted by Gasteiger charge is -2.12. The van der Waals surface area contributed by atoms with Crippen molar-refractivity contribution < 1.29 is 15.1 Å². The van der Waals surface area contributed by atoms with Crippen LogP contribution in [0.4, 0.5) is 17.1 Å². The van der Waals surface area contributed by atoms with Crippen molar-refractivity contribution in [1.82, 2.24) is 0 Å². The van der Waals surface area contributed by atoms with Gasteiger partial charge in [-0.05, 0) is 18.6 Å². The second kappa shape index (κ2) is 6.18. The summed E-state index contributed by atoms with van der Waals surface area (Å²) in [6, 6.07) is 2.96. The number of nitro groups is 1. The average molecular weight is 255 g/mol. The van der Waals surface area contributed by atoms with E-state index in [-0.39, 0.29) is 30.9 Å². The van der Waals surface area contributed by atoms with Gasteiger partial charge in [0.05, 0.1) is 17.6 Å². The summed E-state index contributed by atoms with van der Waals surface area (Å²) in [5, 5.41) is 31.8. The molecule has 0 aliphatic heterocycles. The molecule has 1 aromatic rings. The molecule has 0 spiro atoms. The van der Waals surface area contributed by atoms with Gasteiger partial charge in [0.15, 0.2) is 0 Å². The standard InChI is InChI=1S/C11H17N3O4/c1-7(16)4-8-5-9(13-2-3-15)6-10(11(8)12)14(17)18/h5-7,13,15-16H,2-4,12H2,1H3. The highest BCUT2D eigenvalue weighted by atomic mass is 16.6. The van der Waals surface area contributed by atoms with Gasteiger partial charge in [-0.3, -0.25) is 10.1 Å². The van der Waals surface area contributed by atoms with Crippen molar-refractivity contribution in [2.75, 3.05) is 24.2 Å². The first kappa shape index (κ1) is 14.2. The highest BCUT2D eigenvalue weighted by Gasteiger charge is 2.18. The van der Waals surface area contributed by atoms with Gasteiger partial charge in [-0.1, -0.05) is 0 Å². The van der Waals surface area contributed by atoms with Crippen LogP contribution in [0, 0.1) is 10.1 Å². The van der Waals surface area contributed by atoms with E-state index in [2.05, 4.69) is 5.32 Å². The van der Waals surface area contributed by atoms with Crippen LogP contribution in [0.1, 0.15) is 12.5 Å². The maximum Gasteiger partial charge on any atom is 0.294 e. The van der Waals surface area contributed by atoms with Crippen LogP contribution in [0.2, 0.25) is 0 Å². The van der Waals surface area contributed by atoms with Gasteiger partial charge < -0.3 is 21.3 Å². The minimum absolute atomic E-state index is 0.0652. The molecule has 1 aromatic carbocycles. The van der Waals surface area contributed by atoms with E-state index in [0.29, 0.717) is 11.3 Å². The van der Waals surface area contributed by atoms with Crippen molar-refractivity contribution >= 4 is 17.1 Å². The van der Waals surface area contributed by atoms with Crippen LogP contribution in [0.5, 0.6) is 0 Å². The Labute approximate surface area is 104 Å². The number of anilines is 2. The monoisotopic (exact) mass is 255 g/mol. The quantitative estimate of drug-likeness (QED) is 0.333. The Morgan fingerprint density at radius 1 is 1.56 bits per heavy atom. The molecule has 0 saturated carbocycles. The molecule has 0 amide bonds. The van der Waals surface area contributed by atoms with E-state index in [4.69, 9.17) is 10.8 Å². The van der Waals surface area contributed by atoms with Crippen molar-refractivity contribution in [2.45, 2.75) is 19.4 Å². The molecule has 0 saturated heterocycles. The number of hydrogen-bond acceptors (Lipinski definition) is 6. The van der Waals surface area contributed by atoms with Gasteiger partial charge in [0.1, 0.15) is 5.69 Å². The van der Waals surface area contributed by atoms with E-state index in [1.54, 1.807) is 13.0 Å². The molecule has 5 N–H and O–H groups in total. The lowest BCUT2D eigenvalue weighted by atomic mass is 10.0. The van der Waals surface area contributed by atoms with Crippen LogP contribution in [0.15, 0.2) is 12.1 Å². The molecule has 0 radical (unpaired) electrons. The molecule has 0 aliphatic rings. The van der Waals surface area contributed by atoms with Crippen LogP contribution in [0.3, 0.4) is 0 Å². The Bertz CT molecular complexity index is 435. The molecule has 1 atom stereocenters. The van der Waals surface area contributed by atoms with E-state index >= 15 is 0 Å². The van der Waals surface area contributed by atoms with Crippen molar-refractivity contribution in [3.8, 4) is 0 Å². The van der Waals surface area contributed by atoms with E-state index in [1.807, 2.05) is 0 Å². The molecule has 18 heavy (non-hydrogen) atoms. The number of rotatable bonds is 6. The summed E-state index contributed by atoms with van der Waals surface area (Å²) in [5.74, 6) is 0. The van der Waals surface area contributed by atoms with E-state index < -0.39 is 11.0 Å². The molecule has 0 aromatic heterocycles. The number of nitrogen functional groups attached to an aromatic ring is 1. The maximum absolute atomic E-state index is 10.9. The first-order valence-corrected chi connectivity index (χ1v) is 5.55. The Kier molecular flexibility index (Phi) is 4.87. The van der Waals surface area contributed by atoms with Crippen molar-refractivity contribution in [1.29, 1.82) is 0 Å². The fourth-order valence-electron chi connectivity index (χ4n) is 1.64. The Hall–Kier alpha value is -1.86. The van der Waals surface area contributed by atoms with Gasteiger partial charge in [0.2, 0.25) is 0 Å². The Balaban J connectivity index is 3.14. The van der Waals surface area contributed by atoms with E-state index in [1.165, 1.54) is 6.07 Å². The number of aliphatic hydroxyl groups excluding tert-OH is 2. The van der Waals surface area contributed by atoms with Crippen molar-refractivity contribution in [2.24, 2.45) is 0 Å². The van der Waals surface area contributed by atoms with Crippen LogP contribution in [-0.2, 0) is 6.42 Å². The summed E-state index contributed by atoms with van der Waals surface area (Å²) in [6.07, 6.45) is -0.401. The maximum atomic E-state index is 10.9. The zero-order valence-corrected chi connectivity index (χ0v) is 10.1. The number of aliphatic hydroxyl groups is 2. The number of nitrogens with two attached hydrogens (primary N) is 1. The first-order chi connectivity index (χ1) is 8.45. The normalized spacial score (nSPS) is 12.2. The smallest absolute Gasteiger partial charge is 0.294 e. The zero-order chi connectivity index (χ0) is 13.7. The third-order valence-corrected chi connectivity index (χ3v) is 2.40.